The molecule has 3 N–H and O–H groups in total. The Kier molecular flexibility index (Phi) is 5.70. The molecule has 0 radical (unpaired) electrons. The van der Waals surface area contributed by atoms with Gasteiger partial charge >= 0.3 is 0 Å². The third-order valence-electron chi connectivity index (χ3n) is 8.17. The molecule has 29 heavy (non-hydrogen) atoms. The summed E-state index contributed by atoms with van der Waals surface area (Å²) in [7, 11) is 0. The zero-order valence-corrected chi connectivity index (χ0v) is 19.2. The lowest BCUT2D eigenvalue weighted by molar-refractivity contribution is -0.173. The topological polar surface area (TPSA) is 78.4 Å². The minimum Gasteiger partial charge on any atom is -0.390 e. The van der Waals surface area contributed by atoms with Crippen LogP contribution in [0.1, 0.15) is 92.9 Å². The van der Waals surface area contributed by atoms with Crippen molar-refractivity contribution in [3.05, 3.63) is 11.8 Å². The minimum absolute atomic E-state index is 0.0388. The molecule has 0 bridgehead atoms. The summed E-state index contributed by atoms with van der Waals surface area (Å²) in [6.45, 7) is 13.0. The number of carbonyl (C=O) groups is 2. The third-order valence-corrected chi connectivity index (χ3v) is 8.17. The van der Waals surface area contributed by atoms with Gasteiger partial charge in [-0.3, -0.25) is 15.0 Å². The molecule has 3 aliphatic carbocycles. The van der Waals surface area contributed by atoms with E-state index in [0.29, 0.717) is 18.8 Å². The molecule has 5 heteroatoms. The van der Waals surface area contributed by atoms with E-state index in [2.05, 4.69) is 45.5 Å². The fraction of sp³-hybridized carbons (Fsp3) is 0.833. The van der Waals surface area contributed by atoms with Gasteiger partial charge in [0.1, 0.15) is 0 Å². The molecule has 3 aliphatic rings. The molecule has 0 aromatic carbocycles. The first-order chi connectivity index (χ1) is 13.3. The molecule has 3 rings (SSSR count). The van der Waals surface area contributed by atoms with Gasteiger partial charge < -0.3 is 10.5 Å². The standard InChI is InChI=1S/C24H40N2O3/c1-21(2)14-16(12-17(27)15-21)25-26-20(28)13-19-23(5)10-7-9-22(3,4)18(23)8-11-24(19,6)29/h12,18-19,25,29H,7-11,13-15H2,1-6H3,(H,26,28)/t18-,19-,23-,24+/m0/s1. The van der Waals surface area contributed by atoms with Crippen molar-refractivity contribution in [2.75, 3.05) is 0 Å². The van der Waals surface area contributed by atoms with Crippen LogP contribution in [0.2, 0.25) is 0 Å². The summed E-state index contributed by atoms with van der Waals surface area (Å²) in [5, 5.41) is 11.2. The van der Waals surface area contributed by atoms with Crippen molar-refractivity contribution in [3.63, 3.8) is 0 Å². The molecule has 0 aromatic rings. The van der Waals surface area contributed by atoms with Crippen molar-refractivity contribution < 1.29 is 14.7 Å². The number of fused-ring (bicyclic) bond motifs is 1. The van der Waals surface area contributed by atoms with E-state index in [0.717, 1.165) is 37.8 Å². The van der Waals surface area contributed by atoms with Crippen LogP contribution in [0, 0.1) is 28.1 Å². The minimum atomic E-state index is -0.835. The number of allylic oxidation sites excluding steroid dienone is 2. The summed E-state index contributed by atoms with van der Waals surface area (Å²) >= 11 is 0. The highest BCUT2D eigenvalue weighted by molar-refractivity contribution is 5.91. The van der Waals surface area contributed by atoms with Gasteiger partial charge in [0.25, 0.3) is 0 Å². The Morgan fingerprint density at radius 3 is 2.45 bits per heavy atom. The van der Waals surface area contributed by atoms with E-state index in [9.17, 15) is 14.7 Å². The molecule has 4 atom stereocenters. The molecule has 0 unspecified atom stereocenters. The molecule has 1 amide bonds. The normalized spacial score (nSPS) is 38.6. The highest BCUT2D eigenvalue weighted by Gasteiger charge is 2.58. The average Bonchev–Trinajstić information content (AvgIpc) is 2.53. The van der Waals surface area contributed by atoms with Crippen LogP contribution in [0.15, 0.2) is 11.8 Å². The van der Waals surface area contributed by atoms with Crippen molar-refractivity contribution in [3.8, 4) is 0 Å². The molecule has 5 nitrogen and oxygen atoms in total. The van der Waals surface area contributed by atoms with Gasteiger partial charge in [0, 0.05) is 30.5 Å². The molecule has 0 aliphatic heterocycles. The number of nitrogens with one attached hydrogen (secondary N) is 2. The quantitative estimate of drug-likeness (QED) is 0.612. The number of hydrazine groups is 1. The first-order valence-corrected chi connectivity index (χ1v) is 11.3. The molecule has 0 heterocycles. The van der Waals surface area contributed by atoms with Crippen molar-refractivity contribution in [1.82, 2.24) is 10.9 Å². The Morgan fingerprint density at radius 1 is 1.10 bits per heavy atom. The van der Waals surface area contributed by atoms with E-state index in [1.165, 1.54) is 6.42 Å². The highest BCUT2D eigenvalue weighted by atomic mass is 16.3. The first-order valence-electron chi connectivity index (χ1n) is 11.3. The van der Waals surface area contributed by atoms with Gasteiger partial charge in [-0.1, -0.05) is 41.0 Å². The van der Waals surface area contributed by atoms with Crippen LogP contribution in [-0.2, 0) is 9.59 Å². The summed E-state index contributed by atoms with van der Waals surface area (Å²) < 4.78 is 0. The predicted molar refractivity (Wildman–Crippen MR) is 115 cm³/mol. The maximum Gasteiger partial charge on any atom is 0.238 e. The van der Waals surface area contributed by atoms with E-state index in [1.54, 1.807) is 6.08 Å². The number of hydrogen-bond acceptors (Lipinski definition) is 4. The van der Waals surface area contributed by atoms with E-state index < -0.39 is 5.60 Å². The van der Waals surface area contributed by atoms with Crippen LogP contribution in [0.5, 0.6) is 0 Å². The number of ketones is 1. The van der Waals surface area contributed by atoms with E-state index in [-0.39, 0.29) is 33.9 Å². The second kappa shape index (κ2) is 7.40. The Labute approximate surface area is 176 Å². The van der Waals surface area contributed by atoms with Crippen LogP contribution < -0.4 is 10.9 Å². The lowest BCUT2D eigenvalue weighted by Gasteiger charge is -2.61. The van der Waals surface area contributed by atoms with Gasteiger partial charge in [-0.15, -0.1) is 0 Å². The Morgan fingerprint density at radius 2 is 1.79 bits per heavy atom. The lowest BCUT2D eigenvalue weighted by Crippen LogP contribution is -2.58. The summed E-state index contributed by atoms with van der Waals surface area (Å²) in [5.41, 5.74) is 5.83. The van der Waals surface area contributed by atoms with E-state index >= 15 is 0 Å². The van der Waals surface area contributed by atoms with E-state index in [4.69, 9.17) is 0 Å². The number of carbonyl (C=O) groups excluding carboxylic acids is 2. The van der Waals surface area contributed by atoms with Crippen LogP contribution in [-0.4, -0.2) is 22.4 Å². The third kappa shape index (κ3) is 4.55. The van der Waals surface area contributed by atoms with E-state index in [1.807, 2.05) is 6.92 Å². The number of rotatable bonds is 4. The molecule has 0 saturated heterocycles. The molecule has 0 aromatic heterocycles. The van der Waals surface area contributed by atoms with Crippen LogP contribution in [0.4, 0.5) is 0 Å². The van der Waals surface area contributed by atoms with Crippen LogP contribution in [0.25, 0.3) is 0 Å². The fourth-order valence-corrected chi connectivity index (χ4v) is 6.89. The van der Waals surface area contributed by atoms with Gasteiger partial charge in [0.05, 0.1) is 5.60 Å². The highest BCUT2D eigenvalue weighted by Crippen LogP contribution is 2.62. The zero-order valence-electron chi connectivity index (χ0n) is 19.2. The van der Waals surface area contributed by atoms with Gasteiger partial charge in [0.2, 0.25) is 5.91 Å². The predicted octanol–water partition coefficient (Wildman–Crippen LogP) is 4.26. The summed E-state index contributed by atoms with van der Waals surface area (Å²) in [5.74, 6) is 0.424. The molecule has 0 spiro atoms. The van der Waals surface area contributed by atoms with Crippen LogP contribution >= 0.6 is 0 Å². The smallest absolute Gasteiger partial charge is 0.238 e. The first kappa shape index (κ1) is 22.3. The largest absolute Gasteiger partial charge is 0.390 e. The van der Waals surface area contributed by atoms with Crippen LogP contribution in [0.3, 0.4) is 0 Å². The number of amides is 1. The summed E-state index contributed by atoms with van der Waals surface area (Å²) in [4.78, 5) is 24.8. The maximum atomic E-state index is 12.9. The van der Waals surface area contributed by atoms with Crippen molar-refractivity contribution in [2.24, 2.45) is 28.1 Å². The molecule has 2 saturated carbocycles. The monoisotopic (exact) mass is 404 g/mol. The Balaban J connectivity index is 1.70. The summed E-state index contributed by atoms with van der Waals surface area (Å²) in [6, 6.07) is 0. The maximum absolute atomic E-state index is 12.9. The Hall–Kier alpha value is -1.36. The average molecular weight is 405 g/mol. The van der Waals surface area contributed by atoms with Gasteiger partial charge in [-0.2, -0.15) is 0 Å². The van der Waals surface area contributed by atoms with Crippen molar-refractivity contribution in [2.45, 2.75) is 98.5 Å². The molecular formula is C24H40N2O3. The van der Waals surface area contributed by atoms with Crippen molar-refractivity contribution >= 4 is 11.7 Å². The second-order valence-corrected chi connectivity index (χ2v) is 11.9. The molecule has 164 valence electrons. The number of aliphatic hydroxyl groups is 1. The molecular weight excluding hydrogens is 364 g/mol. The Bertz CT molecular complexity index is 707. The SMILES string of the molecule is CC1(C)CC(=O)C=C(NNC(=O)C[C@H]2[C@@]3(C)CCCC(C)(C)[C@@H]3CC[C@@]2(C)O)C1. The van der Waals surface area contributed by atoms with Gasteiger partial charge in [0.15, 0.2) is 5.78 Å². The van der Waals surface area contributed by atoms with Gasteiger partial charge in [-0.05, 0) is 61.2 Å². The van der Waals surface area contributed by atoms with Crippen molar-refractivity contribution in [1.29, 1.82) is 0 Å². The molecule has 2 fully saturated rings. The lowest BCUT2D eigenvalue weighted by atomic mass is 9.45. The number of hydrogen-bond donors (Lipinski definition) is 3. The van der Waals surface area contributed by atoms with Gasteiger partial charge in [-0.25, -0.2) is 0 Å². The zero-order chi connectivity index (χ0) is 21.7. The summed E-state index contributed by atoms with van der Waals surface area (Å²) in [6.07, 6.45) is 8.37. The second-order valence-electron chi connectivity index (χ2n) is 11.9. The fourth-order valence-electron chi connectivity index (χ4n) is 6.89.